The fourth-order valence-corrected chi connectivity index (χ4v) is 2.03. The number of carboxylic acids is 1. The number of nitrogen functional groups attached to an aromatic ring is 1. The summed E-state index contributed by atoms with van der Waals surface area (Å²) in [5.41, 5.74) is 6.07. The number of hydrogen-bond acceptors (Lipinski definition) is 4. The van der Waals surface area contributed by atoms with Gasteiger partial charge >= 0.3 is 5.97 Å². The third kappa shape index (κ3) is 2.67. The van der Waals surface area contributed by atoms with Gasteiger partial charge in [0.1, 0.15) is 0 Å². The zero-order valence-corrected chi connectivity index (χ0v) is 12.0. The van der Waals surface area contributed by atoms with Crippen molar-refractivity contribution < 1.29 is 19.1 Å². The number of amides is 1. The Morgan fingerprint density at radius 2 is 2.00 bits per heavy atom. The normalized spacial score (nSPS) is 10.3. The number of anilines is 2. The Hall–Kier alpha value is -2.28. The van der Waals surface area contributed by atoms with Gasteiger partial charge in [0, 0.05) is 12.7 Å². The van der Waals surface area contributed by atoms with Gasteiger partial charge in [-0.3, -0.25) is 4.79 Å². The molecule has 0 unspecified atom stereocenters. The Morgan fingerprint density at radius 3 is 2.55 bits per heavy atom. The minimum absolute atomic E-state index is 0.0496. The van der Waals surface area contributed by atoms with Crippen LogP contribution in [0.3, 0.4) is 0 Å². The SMILES string of the molecule is CN(C(=O)c1ccc(Br)o1)c1ccc(N)cc1C(=O)O. The number of rotatable bonds is 3. The van der Waals surface area contributed by atoms with Crippen LogP contribution >= 0.6 is 15.9 Å². The van der Waals surface area contributed by atoms with E-state index < -0.39 is 11.9 Å². The molecule has 0 fully saturated rings. The molecule has 0 aliphatic heterocycles. The van der Waals surface area contributed by atoms with E-state index in [1.807, 2.05) is 0 Å². The molecule has 3 N–H and O–H groups in total. The highest BCUT2D eigenvalue weighted by atomic mass is 79.9. The summed E-state index contributed by atoms with van der Waals surface area (Å²) in [6, 6.07) is 7.40. The number of nitrogens with two attached hydrogens (primary N) is 1. The number of halogens is 1. The Bertz CT molecular complexity index is 681. The van der Waals surface area contributed by atoms with Crippen molar-refractivity contribution in [2.75, 3.05) is 17.7 Å². The van der Waals surface area contributed by atoms with E-state index in [1.165, 1.54) is 36.2 Å². The van der Waals surface area contributed by atoms with Gasteiger partial charge in [0.25, 0.3) is 5.91 Å². The lowest BCUT2D eigenvalue weighted by molar-refractivity contribution is 0.0697. The fraction of sp³-hybridized carbons (Fsp3) is 0.0769. The standard InChI is InChI=1S/C13H11BrN2O4/c1-16(12(17)10-4-5-11(14)20-10)9-3-2-7(15)6-8(9)13(18)19/h2-6H,15H2,1H3,(H,18,19). The first-order valence-corrected chi connectivity index (χ1v) is 6.35. The maximum atomic E-state index is 12.2. The van der Waals surface area contributed by atoms with Gasteiger partial charge in [0.05, 0.1) is 11.3 Å². The molecular weight excluding hydrogens is 328 g/mol. The van der Waals surface area contributed by atoms with E-state index in [2.05, 4.69) is 15.9 Å². The molecule has 20 heavy (non-hydrogen) atoms. The molecule has 0 radical (unpaired) electrons. The van der Waals surface area contributed by atoms with E-state index in [0.717, 1.165) is 0 Å². The molecule has 1 heterocycles. The van der Waals surface area contributed by atoms with Crippen LogP contribution in [0.15, 0.2) is 39.4 Å². The molecule has 0 atom stereocenters. The van der Waals surface area contributed by atoms with Crippen molar-refractivity contribution in [1.82, 2.24) is 0 Å². The number of carboxylic acid groups (broad SMARTS) is 1. The van der Waals surface area contributed by atoms with E-state index in [1.54, 1.807) is 6.07 Å². The Balaban J connectivity index is 2.40. The summed E-state index contributed by atoms with van der Waals surface area (Å²) >= 11 is 3.10. The predicted molar refractivity (Wildman–Crippen MR) is 77.0 cm³/mol. The van der Waals surface area contributed by atoms with Gasteiger partial charge < -0.3 is 20.2 Å². The van der Waals surface area contributed by atoms with Crippen LogP contribution in [0.25, 0.3) is 0 Å². The van der Waals surface area contributed by atoms with Gasteiger partial charge in [-0.15, -0.1) is 0 Å². The van der Waals surface area contributed by atoms with E-state index in [0.29, 0.717) is 10.4 Å². The first-order chi connectivity index (χ1) is 9.40. The molecule has 0 spiro atoms. The zero-order valence-electron chi connectivity index (χ0n) is 10.5. The van der Waals surface area contributed by atoms with Crippen molar-refractivity contribution in [2.45, 2.75) is 0 Å². The topological polar surface area (TPSA) is 96.8 Å². The van der Waals surface area contributed by atoms with Crippen molar-refractivity contribution in [1.29, 1.82) is 0 Å². The van der Waals surface area contributed by atoms with Crippen molar-refractivity contribution in [2.24, 2.45) is 0 Å². The summed E-state index contributed by atoms with van der Waals surface area (Å²) in [5, 5.41) is 9.17. The van der Waals surface area contributed by atoms with Crippen LogP contribution in [0.2, 0.25) is 0 Å². The van der Waals surface area contributed by atoms with Gasteiger partial charge in [0.15, 0.2) is 10.4 Å². The first-order valence-electron chi connectivity index (χ1n) is 5.56. The Kier molecular flexibility index (Phi) is 3.80. The first kappa shape index (κ1) is 14.1. The molecular formula is C13H11BrN2O4. The summed E-state index contributed by atoms with van der Waals surface area (Å²) in [7, 11) is 1.47. The lowest BCUT2D eigenvalue weighted by Crippen LogP contribution is -2.27. The van der Waals surface area contributed by atoms with Crippen LogP contribution in [0.5, 0.6) is 0 Å². The molecule has 2 rings (SSSR count). The second-order valence-corrected chi connectivity index (χ2v) is 4.83. The van der Waals surface area contributed by atoms with Crippen molar-refractivity contribution in [3.8, 4) is 0 Å². The Labute approximate surface area is 122 Å². The lowest BCUT2D eigenvalue weighted by atomic mass is 10.1. The number of aromatic carboxylic acids is 1. The minimum Gasteiger partial charge on any atom is -0.478 e. The summed E-state index contributed by atoms with van der Waals surface area (Å²) in [5.74, 6) is -1.51. The second kappa shape index (κ2) is 5.38. The van der Waals surface area contributed by atoms with Crippen LogP contribution in [-0.2, 0) is 0 Å². The minimum atomic E-state index is -1.16. The quantitative estimate of drug-likeness (QED) is 0.838. The smallest absolute Gasteiger partial charge is 0.337 e. The van der Waals surface area contributed by atoms with E-state index >= 15 is 0 Å². The number of benzene rings is 1. The highest BCUT2D eigenvalue weighted by molar-refractivity contribution is 9.10. The van der Waals surface area contributed by atoms with Gasteiger partial charge in [-0.2, -0.15) is 0 Å². The van der Waals surface area contributed by atoms with Crippen LogP contribution in [0.1, 0.15) is 20.9 Å². The number of furan rings is 1. The fourth-order valence-electron chi connectivity index (χ4n) is 1.72. The summed E-state index contributed by atoms with van der Waals surface area (Å²) in [6.07, 6.45) is 0. The highest BCUT2D eigenvalue weighted by Gasteiger charge is 2.21. The molecule has 0 saturated heterocycles. The predicted octanol–water partition coefficient (Wildman–Crippen LogP) is 2.60. The molecule has 7 heteroatoms. The molecule has 0 aliphatic carbocycles. The number of carbonyl (C=O) groups excluding carboxylic acids is 1. The monoisotopic (exact) mass is 338 g/mol. The summed E-state index contributed by atoms with van der Waals surface area (Å²) < 4.78 is 5.59. The number of hydrogen-bond donors (Lipinski definition) is 2. The Morgan fingerprint density at radius 1 is 1.30 bits per heavy atom. The molecule has 1 amide bonds. The third-order valence-electron chi connectivity index (χ3n) is 2.70. The van der Waals surface area contributed by atoms with Crippen LogP contribution in [-0.4, -0.2) is 24.0 Å². The van der Waals surface area contributed by atoms with Crippen LogP contribution < -0.4 is 10.6 Å². The number of nitrogens with zero attached hydrogens (tertiary/aromatic N) is 1. The van der Waals surface area contributed by atoms with Crippen LogP contribution in [0, 0.1) is 0 Å². The largest absolute Gasteiger partial charge is 0.478 e. The van der Waals surface area contributed by atoms with E-state index in [-0.39, 0.29) is 17.0 Å². The zero-order chi connectivity index (χ0) is 14.9. The molecule has 0 saturated carbocycles. The maximum absolute atomic E-state index is 12.2. The molecule has 1 aromatic heterocycles. The van der Waals surface area contributed by atoms with Crippen molar-refractivity contribution >= 4 is 39.2 Å². The van der Waals surface area contributed by atoms with Crippen molar-refractivity contribution in [3.05, 3.63) is 46.3 Å². The average Bonchev–Trinajstić information content (AvgIpc) is 2.83. The lowest BCUT2D eigenvalue weighted by Gasteiger charge is -2.18. The molecule has 6 nitrogen and oxygen atoms in total. The molecule has 2 aromatic rings. The average molecular weight is 339 g/mol. The maximum Gasteiger partial charge on any atom is 0.337 e. The van der Waals surface area contributed by atoms with Gasteiger partial charge in [-0.05, 0) is 46.3 Å². The van der Waals surface area contributed by atoms with E-state index in [9.17, 15) is 14.7 Å². The van der Waals surface area contributed by atoms with Crippen LogP contribution in [0.4, 0.5) is 11.4 Å². The summed E-state index contributed by atoms with van der Waals surface area (Å²) in [4.78, 5) is 24.6. The molecule has 0 bridgehead atoms. The third-order valence-corrected chi connectivity index (χ3v) is 3.13. The molecule has 1 aromatic carbocycles. The number of carbonyl (C=O) groups is 2. The van der Waals surface area contributed by atoms with Gasteiger partial charge in [0.2, 0.25) is 0 Å². The highest BCUT2D eigenvalue weighted by Crippen LogP contribution is 2.25. The second-order valence-electron chi connectivity index (χ2n) is 4.05. The van der Waals surface area contributed by atoms with Gasteiger partial charge in [-0.1, -0.05) is 0 Å². The molecule has 0 aliphatic rings. The summed E-state index contributed by atoms with van der Waals surface area (Å²) in [6.45, 7) is 0. The van der Waals surface area contributed by atoms with Gasteiger partial charge in [-0.25, -0.2) is 4.79 Å². The van der Waals surface area contributed by atoms with Crippen molar-refractivity contribution in [3.63, 3.8) is 0 Å². The van der Waals surface area contributed by atoms with E-state index in [4.69, 9.17) is 10.2 Å². The molecule has 104 valence electrons.